The predicted octanol–water partition coefficient (Wildman–Crippen LogP) is 3.90. The van der Waals surface area contributed by atoms with Gasteiger partial charge in [0.2, 0.25) is 5.91 Å². The molecule has 1 saturated carbocycles. The van der Waals surface area contributed by atoms with Crippen molar-refractivity contribution in [3.8, 4) is 11.4 Å². The molecule has 0 bridgehead atoms. The Labute approximate surface area is 175 Å². The van der Waals surface area contributed by atoms with Crippen LogP contribution in [0, 0.1) is 0 Å². The van der Waals surface area contributed by atoms with Gasteiger partial charge in [-0.3, -0.25) is 4.79 Å². The molecule has 3 aromatic rings. The Bertz CT molecular complexity index is 991. The Morgan fingerprint density at radius 2 is 1.67 bits per heavy atom. The first-order valence-corrected chi connectivity index (χ1v) is 10.2. The van der Waals surface area contributed by atoms with Crippen LogP contribution in [0.4, 0.5) is 11.4 Å². The third kappa shape index (κ3) is 4.12. The third-order valence-corrected chi connectivity index (χ3v) is 5.51. The fraction of sp³-hybridized carbons (Fsp3) is 0.364. The lowest BCUT2D eigenvalue weighted by molar-refractivity contribution is -0.114. The molecule has 2 aromatic carbocycles. The normalized spacial score (nSPS) is 15.4. The van der Waals surface area contributed by atoms with Gasteiger partial charge in [0, 0.05) is 18.3 Å². The summed E-state index contributed by atoms with van der Waals surface area (Å²) in [4.78, 5) is 11.3. The molecule has 4 rings (SSSR count). The molecule has 1 aliphatic rings. The summed E-state index contributed by atoms with van der Waals surface area (Å²) in [6.07, 6.45) is 5.29. The molecule has 156 valence electrons. The highest BCUT2D eigenvalue weighted by molar-refractivity contribution is 5.88. The number of hydrogen-bond acceptors (Lipinski definition) is 6. The molecule has 0 unspecified atom stereocenters. The summed E-state index contributed by atoms with van der Waals surface area (Å²) in [5.74, 6) is 1.51. The first-order chi connectivity index (χ1) is 14.6. The van der Waals surface area contributed by atoms with Crippen LogP contribution >= 0.6 is 0 Å². The van der Waals surface area contributed by atoms with Crippen molar-refractivity contribution in [2.45, 2.75) is 44.6 Å². The minimum absolute atomic E-state index is 0.0851. The molecular formula is C22H26N6O2. The van der Waals surface area contributed by atoms with Crippen molar-refractivity contribution < 1.29 is 9.53 Å². The van der Waals surface area contributed by atoms with E-state index < -0.39 is 0 Å². The Morgan fingerprint density at radius 3 is 2.30 bits per heavy atom. The standard InChI is InChI=1S/C22H26N6O2/c1-16(29)23-17-6-8-18(9-7-17)24-22(14-4-3-5-15-22)21-25-26-27-28(21)19-10-12-20(30-2)13-11-19/h6-13,24H,3-5,14-15H2,1-2H3,(H,23,29). The molecule has 1 aromatic heterocycles. The number of hydrogen-bond donors (Lipinski definition) is 2. The summed E-state index contributed by atoms with van der Waals surface area (Å²) in [5, 5.41) is 19.2. The van der Waals surface area contributed by atoms with Crippen LogP contribution in [0.1, 0.15) is 44.9 Å². The third-order valence-electron chi connectivity index (χ3n) is 5.51. The van der Waals surface area contributed by atoms with Crippen molar-refractivity contribution in [3.63, 3.8) is 0 Å². The van der Waals surface area contributed by atoms with Gasteiger partial charge in [-0.2, -0.15) is 4.68 Å². The molecule has 8 heteroatoms. The van der Waals surface area contributed by atoms with Crippen LogP contribution in [0.2, 0.25) is 0 Å². The highest BCUT2D eigenvalue weighted by Gasteiger charge is 2.39. The molecule has 1 heterocycles. The minimum Gasteiger partial charge on any atom is -0.497 e. The van der Waals surface area contributed by atoms with Gasteiger partial charge in [-0.1, -0.05) is 19.3 Å². The molecule has 0 radical (unpaired) electrons. The Kier molecular flexibility index (Phi) is 5.65. The second-order valence-corrected chi connectivity index (χ2v) is 7.64. The average molecular weight is 406 g/mol. The molecule has 30 heavy (non-hydrogen) atoms. The zero-order chi connectivity index (χ0) is 21.0. The summed E-state index contributed by atoms with van der Waals surface area (Å²) in [6, 6.07) is 15.5. The monoisotopic (exact) mass is 406 g/mol. The first-order valence-electron chi connectivity index (χ1n) is 10.2. The number of tetrazole rings is 1. The number of ether oxygens (including phenoxy) is 1. The number of anilines is 2. The topological polar surface area (TPSA) is 94.0 Å². The lowest BCUT2D eigenvalue weighted by atomic mass is 9.80. The summed E-state index contributed by atoms with van der Waals surface area (Å²) in [5.41, 5.74) is 2.27. The van der Waals surface area contributed by atoms with Crippen molar-refractivity contribution in [2.75, 3.05) is 17.7 Å². The summed E-state index contributed by atoms with van der Waals surface area (Å²) in [7, 11) is 1.65. The maximum atomic E-state index is 11.3. The maximum absolute atomic E-state index is 11.3. The Morgan fingerprint density at radius 1 is 1.00 bits per heavy atom. The van der Waals surface area contributed by atoms with Gasteiger partial charge in [0.25, 0.3) is 0 Å². The van der Waals surface area contributed by atoms with E-state index in [9.17, 15) is 4.79 Å². The van der Waals surface area contributed by atoms with Crippen LogP contribution in [-0.4, -0.2) is 33.2 Å². The predicted molar refractivity (Wildman–Crippen MR) is 115 cm³/mol. The van der Waals surface area contributed by atoms with Crippen molar-refractivity contribution >= 4 is 17.3 Å². The van der Waals surface area contributed by atoms with Gasteiger partial charge < -0.3 is 15.4 Å². The molecule has 0 saturated heterocycles. The van der Waals surface area contributed by atoms with Gasteiger partial charge in [-0.05, 0) is 71.8 Å². The number of nitrogens with zero attached hydrogens (tertiary/aromatic N) is 4. The number of carbonyl (C=O) groups excluding carboxylic acids is 1. The Balaban J connectivity index is 1.66. The van der Waals surface area contributed by atoms with Crippen molar-refractivity contribution in [1.29, 1.82) is 0 Å². The lowest BCUT2D eigenvalue weighted by Gasteiger charge is -2.37. The molecule has 1 aliphatic carbocycles. The van der Waals surface area contributed by atoms with E-state index in [-0.39, 0.29) is 11.4 Å². The Hall–Kier alpha value is -3.42. The quantitative estimate of drug-likeness (QED) is 0.645. The molecule has 0 spiro atoms. The lowest BCUT2D eigenvalue weighted by Crippen LogP contribution is -2.40. The molecule has 0 atom stereocenters. The molecule has 1 amide bonds. The number of carbonyl (C=O) groups is 1. The highest BCUT2D eigenvalue weighted by atomic mass is 16.5. The van der Waals surface area contributed by atoms with E-state index >= 15 is 0 Å². The zero-order valence-corrected chi connectivity index (χ0v) is 17.3. The SMILES string of the molecule is COc1ccc(-n2nnnc2C2(Nc3ccc(NC(C)=O)cc3)CCCCC2)cc1. The van der Waals surface area contributed by atoms with Crippen molar-refractivity contribution in [1.82, 2.24) is 20.2 Å². The number of methoxy groups -OCH3 is 1. The number of benzene rings is 2. The van der Waals surface area contributed by atoms with Gasteiger partial charge in [-0.15, -0.1) is 5.10 Å². The second kappa shape index (κ2) is 8.52. The van der Waals surface area contributed by atoms with Crippen LogP contribution in [0.25, 0.3) is 5.69 Å². The average Bonchev–Trinajstić information content (AvgIpc) is 3.26. The van der Waals surface area contributed by atoms with Crippen molar-refractivity contribution in [2.24, 2.45) is 0 Å². The van der Waals surface area contributed by atoms with E-state index in [0.29, 0.717) is 0 Å². The first kappa shape index (κ1) is 19.9. The minimum atomic E-state index is -0.364. The second-order valence-electron chi connectivity index (χ2n) is 7.64. The number of amides is 1. The van der Waals surface area contributed by atoms with E-state index in [0.717, 1.165) is 54.3 Å². The molecule has 1 fully saturated rings. The van der Waals surface area contributed by atoms with E-state index in [1.807, 2.05) is 53.2 Å². The fourth-order valence-electron chi connectivity index (χ4n) is 4.06. The van der Waals surface area contributed by atoms with E-state index in [2.05, 4.69) is 26.2 Å². The van der Waals surface area contributed by atoms with Crippen LogP contribution in [-0.2, 0) is 10.3 Å². The van der Waals surface area contributed by atoms with Crippen LogP contribution < -0.4 is 15.4 Å². The number of aromatic nitrogens is 4. The van der Waals surface area contributed by atoms with E-state index in [4.69, 9.17) is 4.74 Å². The maximum Gasteiger partial charge on any atom is 0.221 e. The van der Waals surface area contributed by atoms with Crippen LogP contribution in [0.15, 0.2) is 48.5 Å². The summed E-state index contributed by atoms with van der Waals surface area (Å²) >= 11 is 0. The molecule has 8 nitrogen and oxygen atoms in total. The summed E-state index contributed by atoms with van der Waals surface area (Å²) in [6.45, 7) is 1.50. The number of nitrogens with one attached hydrogen (secondary N) is 2. The van der Waals surface area contributed by atoms with Gasteiger partial charge in [0.1, 0.15) is 5.75 Å². The van der Waals surface area contributed by atoms with Gasteiger partial charge >= 0.3 is 0 Å². The van der Waals surface area contributed by atoms with Gasteiger partial charge in [0.15, 0.2) is 5.82 Å². The molecule has 0 aliphatic heterocycles. The smallest absolute Gasteiger partial charge is 0.221 e. The highest BCUT2D eigenvalue weighted by Crippen LogP contribution is 2.39. The number of rotatable bonds is 6. The zero-order valence-electron chi connectivity index (χ0n) is 17.3. The van der Waals surface area contributed by atoms with Crippen LogP contribution in [0.5, 0.6) is 5.75 Å². The van der Waals surface area contributed by atoms with Crippen LogP contribution in [0.3, 0.4) is 0 Å². The van der Waals surface area contributed by atoms with Crippen molar-refractivity contribution in [3.05, 3.63) is 54.4 Å². The van der Waals surface area contributed by atoms with E-state index in [1.165, 1.54) is 13.3 Å². The van der Waals surface area contributed by atoms with E-state index in [1.54, 1.807) is 7.11 Å². The summed E-state index contributed by atoms with van der Waals surface area (Å²) < 4.78 is 7.08. The van der Waals surface area contributed by atoms with Gasteiger partial charge in [0.05, 0.1) is 18.3 Å². The van der Waals surface area contributed by atoms with Gasteiger partial charge in [-0.25, -0.2) is 0 Å². The largest absolute Gasteiger partial charge is 0.497 e. The fourth-order valence-corrected chi connectivity index (χ4v) is 4.06. The molecule has 2 N–H and O–H groups in total. The molecular weight excluding hydrogens is 380 g/mol.